The van der Waals surface area contributed by atoms with Crippen LogP contribution in [0, 0.1) is 5.92 Å². The fraction of sp³-hybridized carbons (Fsp3) is 0.857. The summed E-state index contributed by atoms with van der Waals surface area (Å²) in [6, 6.07) is -0.249. The zero-order valence-electron chi connectivity index (χ0n) is 12.5. The molecule has 2 aliphatic rings. The Bertz CT molecular complexity index is 375. The molecule has 6 heteroatoms. The van der Waals surface area contributed by atoms with Gasteiger partial charge in [0.2, 0.25) is 0 Å². The van der Waals surface area contributed by atoms with Gasteiger partial charge in [0.25, 0.3) is 5.91 Å². The van der Waals surface area contributed by atoms with Gasteiger partial charge in [-0.05, 0) is 31.7 Å². The minimum atomic E-state index is -0.654. The van der Waals surface area contributed by atoms with Gasteiger partial charge in [-0.3, -0.25) is 9.69 Å². The first-order chi connectivity index (χ1) is 9.48. The van der Waals surface area contributed by atoms with Gasteiger partial charge < -0.3 is 16.0 Å². The molecule has 0 bridgehead atoms. The summed E-state index contributed by atoms with van der Waals surface area (Å²) in [5.41, 5.74) is 4.80. The van der Waals surface area contributed by atoms with Crippen LogP contribution >= 0.6 is 0 Å². The topological polar surface area (TPSA) is 78.7 Å². The second-order valence-electron chi connectivity index (χ2n) is 6.31. The predicted molar refractivity (Wildman–Crippen MR) is 77.2 cm³/mol. The molecule has 20 heavy (non-hydrogen) atoms. The van der Waals surface area contributed by atoms with Crippen molar-refractivity contribution >= 4 is 11.9 Å². The molecule has 3 N–H and O–H groups in total. The SMILES string of the molecule is CC(C)CN1CCC2(CC1)NC(=O)N(CCCN)C2=O. The van der Waals surface area contributed by atoms with Crippen LogP contribution in [0.2, 0.25) is 0 Å². The molecule has 0 atom stereocenters. The van der Waals surface area contributed by atoms with E-state index in [2.05, 4.69) is 24.1 Å². The Balaban J connectivity index is 1.96. The number of urea groups is 1. The van der Waals surface area contributed by atoms with Gasteiger partial charge in [-0.1, -0.05) is 13.8 Å². The lowest BCUT2D eigenvalue weighted by molar-refractivity contribution is -0.133. The molecule has 0 aromatic carbocycles. The van der Waals surface area contributed by atoms with Gasteiger partial charge in [-0.2, -0.15) is 0 Å². The third kappa shape index (κ3) is 2.96. The number of rotatable bonds is 5. The van der Waals surface area contributed by atoms with Gasteiger partial charge in [-0.15, -0.1) is 0 Å². The lowest BCUT2D eigenvalue weighted by Crippen LogP contribution is -2.55. The minimum absolute atomic E-state index is 0.0554. The number of hydrogen-bond donors (Lipinski definition) is 2. The van der Waals surface area contributed by atoms with Crippen molar-refractivity contribution in [2.45, 2.75) is 38.6 Å². The Labute approximate surface area is 120 Å². The van der Waals surface area contributed by atoms with Crippen molar-refractivity contribution < 1.29 is 9.59 Å². The first kappa shape index (κ1) is 15.3. The van der Waals surface area contributed by atoms with Gasteiger partial charge in [0.05, 0.1) is 0 Å². The molecule has 2 heterocycles. The largest absolute Gasteiger partial charge is 0.330 e. The summed E-state index contributed by atoms with van der Waals surface area (Å²) in [6.07, 6.45) is 2.08. The first-order valence-electron chi connectivity index (χ1n) is 7.55. The zero-order chi connectivity index (χ0) is 14.8. The van der Waals surface area contributed by atoms with Crippen molar-refractivity contribution in [2.75, 3.05) is 32.7 Å². The lowest BCUT2D eigenvalue weighted by atomic mass is 9.87. The number of nitrogens with one attached hydrogen (secondary N) is 1. The molecule has 2 saturated heterocycles. The first-order valence-corrected chi connectivity index (χ1v) is 7.55. The molecule has 2 fully saturated rings. The number of carbonyl (C=O) groups is 2. The molecular formula is C14H26N4O2. The fourth-order valence-electron chi connectivity index (χ4n) is 3.10. The van der Waals surface area contributed by atoms with E-state index in [4.69, 9.17) is 5.73 Å². The maximum atomic E-state index is 12.5. The summed E-state index contributed by atoms with van der Waals surface area (Å²) in [7, 11) is 0. The normalized spacial score (nSPS) is 22.9. The highest BCUT2D eigenvalue weighted by Gasteiger charge is 2.51. The van der Waals surface area contributed by atoms with Crippen LogP contribution in [0.1, 0.15) is 33.1 Å². The Hall–Kier alpha value is -1.14. The number of piperidine rings is 1. The highest BCUT2D eigenvalue weighted by molar-refractivity contribution is 6.07. The van der Waals surface area contributed by atoms with E-state index in [0.717, 1.165) is 19.6 Å². The van der Waals surface area contributed by atoms with Crippen molar-refractivity contribution in [1.82, 2.24) is 15.1 Å². The summed E-state index contributed by atoms with van der Waals surface area (Å²) in [5.74, 6) is 0.569. The standard InChI is InChI=1S/C14H26N4O2/c1-11(2)10-17-8-4-14(5-9-17)12(19)18(7-3-6-15)13(20)16-14/h11H,3-10,15H2,1-2H3,(H,16,20). The summed E-state index contributed by atoms with van der Waals surface area (Å²) in [5, 5.41) is 2.92. The average molecular weight is 282 g/mol. The van der Waals surface area contributed by atoms with Crippen LogP contribution in [0.15, 0.2) is 0 Å². The molecule has 0 aromatic rings. The Morgan fingerprint density at radius 1 is 1.30 bits per heavy atom. The number of imide groups is 1. The van der Waals surface area contributed by atoms with Gasteiger partial charge in [0.15, 0.2) is 0 Å². The van der Waals surface area contributed by atoms with E-state index in [9.17, 15) is 9.59 Å². The van der Waals surface area contributed by atoms with E-state index in [-0.39, 0.29) is 11.9 Å². The van der Waals surface area contributed by atoms with Gasteiger partial charge in [0.1, 0.15) is 5.54 Å². The minimum Gasteiger partial charge on any atom is -0.330 e. The second kappa shape index (κ2) is 6.10. The zero-order valence-corrected chi connectivity index (χ0v) is 12.5. The van der Waals surface area contributed by atoms with Crippen molar-refractivity contribution in [3.63, 3.8) is 0 Å². The smallest absolute Gasteiger partial charge is 0.325 e. The summed E-state index contributed by atoms with van der Waals surface area (Å²) in [4.78, 5) is 28.2. The van der Waals surface area contributed by atoms with Crippen molar-refractivity contribution in [3.05, 3.63) is 0 Å². The van der Waals surface area contributed by atoms with Crippen molar-refractivity contribution in [2.24, 2.45) is 11.7 Å². The Morgan fingerprint density at radius 3 is 2.50 bits per heavy atom. The number of likely N-dealkylation sites (tertiary alicyclic amines) is 1. The number of nitrogens with zero attached hydrogens (tertiary/aromatic N) is 2. The van der Waals surface area contributed by atoms with Crippen LogP contribution < -0.4 is 11.1 Å². The maximum absolute atomic E-state index is 12.5. The molecule has 3 amide bonds. The third-order valence-corrected chi connectivity index (χ3v) is 4.16. The molecule has 2 aliphatic heterocycles. The van der Waals surface area contributed by atoms with Gasteiger partial charge in [-0.25, -0.2) is 4.79 Å². The molecule has 0 unspecified atom stereocenters. The average Bonchev–Trinajstić information content (AvgIpc) is 2.62. The highest BCUT2D eigenvalue weighted by Crippen LogP contribution is 2.29. The second-order valence-corrected chi connectivity index (χ2v) is 6.31. The van der Waals surface area contributed by atoms with Gasteiger partial charge in [0, 0.05) is 26.2 Å². The van der Waals surface area contributed by atoms with Crippen molar-refractivity contribution in [1.29, 1.82) is 0 Å². The summed E-state index contributed by atoms with van der Waals surface area (Å²) >= 11 is 0. The number of amides is 3. The number of hydrogen-bond acceptors (Lipinski definition) is 4. The monoisotopic (exact) mass is 282 g/mol. The van der Waals surface area contributed by atoms with E-state index in [1.54, 1.807) is 0 Å². The molecule has 1 spiro atoms. The molecule has 0 aromatic heterocycles. The maximum Gasteiger partial charge on any atom is 0.325 e. The van der Waals surface area contributed by atoms with Crippen LogP contribution in [0.5, 0.6) is 0 Å². The van der Waals surface area contributed by atoms with Crippen LogP contribution in [-0.4, -0.2) is 60.0 Å². The number of carbonyl (C=O) groups excluding carboxylic acids is 2. The van der Waals surface area contributed by atoms with E-state index < -0.39 is 5.54 Å². The fourth-order valence-corrected chi connectivity index (χ4v) is 3.10. The summed E-state index contributed by atoms with van der Waals surface area (Å²) < 4.78 is 0. The third-order valence-electron chi connectivity index (χ3n) is 4.16. The van der Waals surface area contributed by atoms with Crippen LogP contribution in [0.25, 0.3) is 0 Å². The van der Waals surface area contributed by atoms with E-state index in [1.807, 2.05) is 0 Å². The lowest BCUT2D eigenvalue weighted by Gasteiger charge is -2.37. The van der Waals surface area contributed by atoms with Gasteiger partial charge >= 0.3 is 6.03 Å². The van der Waals surface area contributed by atoms with Crippen molar-refractivity contribution in [3.8, 4) is 0 Å². The van der Waals surface area contributed by atoms with E-state index in [0.29, 0.717) is 38.3 Å². The predicted octanol–water partition coefficient (Wildman–Crippen LogP) is 0.378. The van der Waals surface area contributed by atoms with E-state index >= 15 is 0 Å². The molecule has 0 saturated carbocycles. The number of nitrogens with two attached hydrogens (primary N) is 1. The molecule has 6 nitrogen and oxygen atoms in total. The highest BCUT2D eigenvalue weighted by atomic mass is 16.2. The molecule has 0 radical (unpaired) electrons. The van der Waals surface area contributed by atoms with Crippen LogP contribution in [0.4, 0.5) is 4.79 Å². The summed E-state index contributed by atoms with van der Waals surface area (Å²) in [6.45, 7) is 8.10. The molecular weight excluding hydrogens is 256 g/mol. The quantitative estimate of drug-likeness (QED) is 0.715. The van der Waals surface area contributed by atoms with Crippen LogP contribution in [-0.2, 0) is 4.79 Å². The molecule has 0 aliphatic carbocycles. The Morgan fingerprint density at radius 2 is 1.95 bits per heavy atom. The van der Waals surface area contributed by atoms with Crippen LogP contribution in [0.3, 0.4) is 0 Å². The van der Waals surface area contributed by atoms with E-state index in [1.165, 1.54) is 4.90 Å². The Kier molecular flexibility index (Phi) is 4.65. The molecule has 114 valence electrons. The molecule has 2 rings (SSSR count).